The van der Waals surface area contributed by atoms with E-state index in [1.54, 1.807) is 0 Å². The second-order valence-electron chi connectivity index (χ2n) is 3.62. The highest BCUT2D eigenvalue weighted by molar-refractivity contribution is 5.90. The maximum atomic E-state index is 11.4. The standard InChI is InChI=1S/C10H17NO6/c1-5(13)10(17-7(3)15)9(8(16)4-12)11-6(2)14/h5,9-10,12-13H,4H2,1-3H3,(H,11,14)/t5-,9-,10+/m1/s1. The minimum Gasteiger partial charge on any atom is -0.457 e. The molecule has 1 amide bonds. The molecule has 0 aromatic carbocycles. The van der Waals surface area contributed by atoms with Crippen molar-refractivity contribution < 1.29 is 29.3 Å². The first-order valence-corrected chi connectivity index (χ1v) is 5.05. The summed E-state index contributed by atoms with van der Waals surface area (Å²) in [6.07, 6.45) is -2.39. The van der Waals surface area contributed by atoms with Crippen LogP contribution < -0.4 is 5.32 Å². The molecule has 0 aliphatic carbocycles. The largest absolute Gasteiger partial charge is 0.457 e. The predicted molar refractivity (Wildman–Crippen MR) is 56.9 cm³/mol. The third-order valence-corrected chi connectivity index (χ3v) is 1.97. The number of carbonyl (C=O) groups is 3. The van der Waals surface area contributed by atoms with Crippen LogP contribution in [-0.2, 0) is 19.1 Å². The molecule has 0 fully saturated rings. The van der Waals surface area contributed by atoms with Crippen molar-refractivity contribution >= 4 is 17.7 Å². The molecule has 17 heavy (non-hydrogen) atoms. The summed E-state index contributed by atoms with van der Waals surface area (Å²) in [5, 5.41) is 20.4. The number of rotatable bonds is 6. The van der Waals surface area contributed by atoms with Crippen LogP contribution in [-0.4, -0.2) is 52.7 Å². The van der Waals surface area contributed by atoms with E-state index in [0.717, 1.165) is 6.92 Å². The third-order valence-electron chi connectivity index (χ3n) is 1.97. The van der Waals surface area contributed by atoms with Gasteiger partial charge in [0, 0.05) is 13.8 Å². The molecule has 0 spiro atoms. The molecule has 0 aromatic rings. The van der Waals surface area contributed by atoms with Crippen LogP contribution in [0.4, 0.5) is 0 Å². The summed E-state index contributed by atoms with van der Waals surface area (Å²) in [6, 6.07) is -1.26. The van der Waals surface area contributed by atoms with Gasteiger partial charge < -0.3 is 20.3 Å². The normalized spacial score (nSPS) is 15.6. The van der Waals surface area contributed by atoms with Crippen molar-refractivity contribution in [3.8, 4) is 0 Å². The van der Waals surface area contributed by atoms with E-state index >= 15 is 0 Å². The van der Waals surface area contributed by atoms with Crippen LogP contribution in [0.1, 0.15) is 20.8 Å². The van der Waals surface area contributed by atoms with Gasteiger partial charge in [-0.2, -0.15) is 0 Å². The van der Waals surface area contributed by atoms with Crippen LogP contribution in [0.15, 0.2) is 0 Å². The first-order chi connectivity index (χ1) is 7.79. The molecule has 0 aliphatic rings. The lowest BCUT2D eigenvalue weighted by Gasteiger charge is -2.27. The van der Waals surface area contributed by atoms with Gasteiger partial charge in [-0.05, 0) is 6.92 Å². The van der Waals surface area contributed by atoms with Gasteiger partial charge in [0.05, 0.1) is 6.10 Å². The molecule has 0 unspecified atom stereocenters. The molecular weight excluding hydrogens is 230 g/mol. The third kappa shape index (κ3) is 5.41. The molecule has 0 aromatic heterocycles. The molecule has 0 saturated carbocycles. The van der Waals surface area contributed by atoms with Crippen LogP contribution in [0.5, 0.6) is 0 Å². The summed E-state index contributed by atoms with van der Waals surface area (Å²) >= 11 is 0. The molecule has 98 valence electrons. The Hall–Kier alpha value is -1.47. The van der Waals surface area contributed by atoms with Crippen molar-refractivity contribution in [2.75, 3.05) is 6.61 Å². The van der Waals surface area contributed by atoms with E-state index in [2.05, 4.69) is 5.32 Å². The summed E-state index contributed by atoms with van der Waals surface area (Å²) in [5.74, 6) is -1.97. The molecule has 7 heteroatoms. The van der Waals surface area contributed by atoms with Crippen molar-refractivity contribution in [2.24, 2.45) is 0 Å². The SMILES string of the molecule is CC(=O)N[C@H](C(=O)CO)[C@@H](OC(C)=O)[C@@H](C)O. The summed E-state index contributed by atoms with van der Waals surface area (Å²) in [5.41, 5.74) is 0. The maximum Gasteiger partial charge on any atom is 0.303 e. The van der Waals surface area contributed by atoms with Gasteiger partial charge in [-0.25, -0.2) is 0 Å². The van der Waals surface area contributed by atoms with Crippen LogP contribution in [0.2, 0.25) is 0 Å². The Balaban J connectivity index is 4.98. The topological polar surface area (TPSA) is 113 Å². The zero-order chi connectivity index (χ0) is 13.6. The fourth-order valence-electron chi connectivity index (χ4n) is 1.30. The maximum absolute atomic E-state index is 11.4. The Labute approximate surface area is 98.8 Å². The van der Waals surface area contributed by atoms with Crippen molar-refractivity contribution in [1.82, 2.24) is 5.32 Å². The molecule has 0 heterocycles. The van der Waals surface area contributed by atoms with Crippen molar-refractivity contribution in [3.05, 3.63) is 0 Å². The monoisotopic (exact) mass is 247 g/mol. The first kappa shape index (κ1) is 15.5. The van der Waals surface area contributed by atoms with E-state index in [1.165, 1.54) is 13.8 Å². The van der Waals surface area contributed by atoms with E-state index in [0.29, 0.717) is 0 Å². The highest BCUT2D eigenvalue weighted by Crippen LogP contribution is 2.07. The number of Topliss-reactive ketones (excluding diaryl/α,β-unsaturated/α-hetero) is 1. The predicted octanol–water partition coefficient (Wildman–Crippen LogP) is -1.63. The second kappa shape index (κ2) is 6.97. The van der Waals surface area contributed by atoms with Crippen LogP contribution in [0, 0.1) is 0 Å². The molecule has 0 rings (SSSR count). The van der Waals surface area contributed by atoms with Gasteiger partial charge in [0.15, 0.2) is 11.9 Å². The van der Waals surface area contributed by atoms with E-state index < -0.39 is 42.5 Å². The van der Waals surface area contributed by atoms with E-state index in [4.69, 9.17) is 9.84 Å². The number of aliphatic hydroxyl groups is 2. The molecular formula is C10H17NO6. The molecule has 0 radical (unpaired) electrons. The number of ketones is 1. The Morgan fingerprint density at radius 3 is 2.12 bits per heavy atom. The van der Waals surface area contributed by atoms with Gasteiger partial charge in [0.2, 0.25) is 5.91 Å². The fourth-order valence-corrected chi connectivity index (χ4v) is 1.30. The summed E-state index contributed by atoms with van der Waals surface area (Å²) in [6.45, 7) is 2.77. The minimum atomic E-state index is -1.26. The number of carbonyl (C=O) groups excluding carboxylic acids is 3. The Kier molecular flexibility index (Phi) is 6.37. The molecule has 0 bridgehead atoms. The van der Waals surface area contributed by atoms with Gasteiger partial charge in [0.1, 0.15) is 12.6 Å². The Bertz CT molecular complexity index is 301. The number of amides is 1. The van der Waals surface area contributed by atoms with E-state index in [-0.39, 0.29) is 0 Å². The molecule has 3 atom stereocenters. The lowest BCUT2D eigenvalue weighted by Crippen LogP contribution is -2.54. The summed E-state index contributed by atoms with van der Waals surface area (Å²) in [4.78, 5) is 33.2. The van der Waals surface area contributed by atoms with Crippen molar-refractivity contribution in [1.29, 1.82) is 0 Å². The molecule has 0 saturated heterocycles. The average molecular weight is 247 g/mol. The van der Waals surface area contributed by atoms with E-state index in [1.807, 2.05) is 0 Å². The number of ether oxygens (including phenoxy) is 1. The number of hydrogen-bond acceptors (Lipinski definition) is 6. The van der Waals surface area contributed by atoms with Crippen molar-refractivity contribution in [3.63, 3.8) is 0 Å². The van der Waals surface area contributed by atoms with Gasteiger partial charge in [-0.1, -0.05) is 0 Å². The Morgan fingerprint density at radius 1 is 1.29 bits per heavy atom. The highest BCUT2D eigenvalue weighted by atomic mass is 16.6. The number of esters is 1. The van der Waals surface area contributed by atoms with Gasteiger partial charge in [-0.3, -0.25) is 14.4 Å². The minimum absolute atomic E-state index is 0.533. The number of nitrogens with one attached hydrogen (secondary N) is 1. The van der Waals surface area contributed by atoms with Crippen LogP contribution in [0.3, 0.4) is 0 Å². The Morgan fingerprint density at radius 2 is 1.82 bits per heavy atom. The van der Waals surface area contributed by atoms with Crippen LogP contribution in [0.25, 0.3) is 0 Å². The quantitative estimate of drug-likeness (QED) is 0.485. The lowest BCUT2D eigenvalue weighted by molar-refractivity contribution is -0.157. The first-order valence-electron chi connectivity index (χ1n) is 5.05. The molecule has 0 aliphatic heterocycles. The van der Waals surface area contributed by atoms with Gasteiger partial charge in [0.25, 0.3) is 0 Å². The van der Waals surface area contributed by atoms with Gasteiger partial charge in [-0.15, -0.1) is 0 Å². The number of hydrogen-bond donors (Lipinski definition) is 3. The smallest absolute Gasteiger partial charge is 0.303 e. The summed E-state index contributed by atoms with van der Waals surface area (Å²) < 4.78 is 4.76. The van der Waals surface area contributed by atoms with Gasteiger partial charge >= 0.3 is 5.97 Å². The van der Waals surface area contributed by atoms with Crippen molar-refractivity contribution in [2.45, 2.75) is 39.0 Å². The molecule has 7 nitrogen and oxygen atoms in total. The molecule has 3 N–H and O–H groups in total. The fraction of sp³-hybridized carbons (Fsp3) is 0.700. The van der Waals surface area contributed by atoms with Crippen LogP contribution >= 0.6 is 0 Å². The average Bonchev–Trinajstić information content (AvgIpc) is 2.21. The highest BCUT2D eigenvalue weighted by Gasteiger charge is 2.34. The number of aliphatic hydroxyl groups excluding tert-OH is 2. The van der Waals surface area contributed by atoms with E-state index in [9.17, 15) is 19.5 Å². The second-order valence-corrected chi connectivity index (χ2v) is 3.62. The zero-order valence-electron chi connectivity index (χ0n) is 9.97. The lowest BCUT2D eigenvalue weighted by atomic mass is 10.0. The summed E-state index contributed by atoms with van der Waals surface area (Å²) in [7, 11) is 0. The zero-order valence-corrected chi connectivity index (χ0v) is 9.97.